The van der Waals surface area contributed by atoms with Crippen molar-refractivity contribution in [3.8, 4) is 45.0 Å². The van der Waals surface area contributed by atoms with Crippen molar-refractivity contribution in [3.05, 3.63) is 115 Å². The number of benzene rings is 4. The van der Waals surface area contributed by atoms with Gasteiger partial charge in [-0.1, -0.05) is 91.9 Å². The highest BCUT2D eigenvalue weighted by molar-refractivity contribution is 5.82. The van der Waals surface area contributed by atoms with Gasteiger partial charge in [0, 0.05) is 23.1 Å². The number of oxazole rings is 1. The van der Waals surface area contributed by atoms with Crippen molar-refractivity contribution >= 4 is 11.1 Å². The molecule has 0 bridgehead atoms. The van der Waals surface area contributed by atoms with E-state index in [4.69, 9.17) is 14.4 Å². The molecule has 0 aliphatic heterocycles. The molecule has 168 valence electrons. The molecule has 4 heteroatoms. The largest absolute Gasteiger partial charge is 0.441 e. The molecular weight excluding hydrogens is 430 g/mol. The lowest BCUT2D eigenvalue weighted by Gasteiger charge is -2.10. The third-order valence-corrected chi connectivity index (χ3v) is 6.05. The van der Waals surface area contributed by atoms with Crippen molar-refractivity contribution in [3.63, 3.8) is 0 Å². The van der Waals surface area contributed by atoms with Gasteiger partial charge < -0.3 is 4.42 Å². The molecule has 4 nitrogen and oxygen atoms in total. The predicted molar refractivity (Wildman–Crippen MR) is 141 cm³/mol. The number of fused-ring (bicyclic) bond motifs is 1. The van der Waals surface area contributed by atoms with Crippen LogP contribution in [0.25, 0.3) is 56.1 Å². The van der Waals surface area contributed by atoms with Gasteiger partial charge in [0.25, 0.3) is 0 Å². The summed E-state index contributed by atoms with van der Waals surface area (Å²) in [4.78, 5) is 14.5. The van der Waals surface area contributed by atoms with Gasteiger partial charge in [-0.05, 0) is 35.4 Å². The molecule has 0 unspecified atom stereocenters. The third-order valence-electron chi connectivity index (χ3n) is 6.05. The molecule has 0 atom stereocenters. The zero-order valence-electron chi connectivity index (χ0n) is 19.3. The van der Waals surface area contributed by atoms with E-state index in [0.29, 0.717) is 5.82 Å². The quantitative estimate of drug-likeness (QED) is 0.267. The molecule has 6 aromatic rings. The number of aryl methyl sites for hydroxylation is 1. The summed E-state index contributed by atoms with van der Waals surface area (Å²) in [5.41, 5.74) is 8.77. The smallest absolute Gasteiger partial charge is 0.195 e. The fourth-order valence-electron chi connectivity index (χ4n) is 4.23. The second-order valence-electron chi connectivity index (χ2n) is 8.42. The molecule has 0 saturated heterocycles. The summed E-state index contributed by atoms with van der Waals surface area (Å²) in [5, 5.41) is 0. The molecule has 0 radical (unpaired) electrons. The van der Waals surface area contributed by atoms with Gasteiger partial charge in [-0.15, -0.1) is 0 Å². The van der Waals surface area contributed by atoms with Crippen molar-refractivity contribution in [2.45, 2.75) is 13.3 Å². The molecule has 0 saturated carbocycles. The van der Waals surface area contributed by atoms with Crippen LogP contribution in [0.1, 0.15) is 12.8 Å². The number of aromatic nitrogens is 3. The molecule has 2 heterocycles. The Morgan fingerprint density at radius 2 is 1.17 bits per heavy atom. The van der Waals surface area contributed by atoms with Crippen LogP contribution in [0.2, 0.25) is 0 Å². The van der Waals surface area contributed by atoms with E-state index in [-0.39, 0.29) is 0 Å². The van der Waals surface area contributed by atoms with Gasteiger partial charge in [-0.3, -0.25) is 0 Å². The maximum atomic E-state index is 5.78. The normalized spacial score (nSPS) is 11.1. The first kappa shape index (κ1) is 21.0. The standard InChI is InChI=1S/C31H23N3O/c1-2-30-32-28-19-24(16-17-29(28)35-30)23-14-9-15-25(18-23)27-20-26(21-10-5-3-6-11-21)33-31(34-27)22-12-7-4-8-13-22/h3-20H,2H2,1H3. The van der Waals surface area contributed by atoms with Crippen molar-refractivity contribution < 1.29 is 4.42 Å². The summed E-state index contributed by atoms with van der Waals surface area (Å²) >= 11 is 0. The maximum absolute atomic E-state index is 5.78. The van der Waals surface area contributed by atoms with Gasteiger partial charge >= 0.3 is 0 Å². The molecule has 35 heavy (non-hydrogen) atoms. The molecule has 0 aliphatic rings. The molecule has 0 fully saturated rings. The Balaban J connectivity index is 1.47. The fourth-order valence-corrected chi connectivity index (χ4v) is 4.23. The maximum Gasteiger partial charge on any atom is 0.195 e. The molecule has 6 rings (SSSR count). The van der Waals surface area contributed by atoms with Gasteiger partial charge in [0.15, 0.2) is 17.3 Å². The number of rotatable bonds is 5. The predicted octanol–water partition coefficient (Wildman–Crippen LogP) is 7.85. The van der Waals surface area contributed by atoms with E-state index in [1.165, 1.54) is 0 Å². The second kappa shape index (κ2) is 8.99. The topological polar surface area (TPSA) is 51.8 Å². The van der Waals surface area contributed by atoms with Crippen molar-refractivity contribution in [2.24, 2.45) is 0 Å². The zero-order chi connectivity index (χ0) is 23.6. The van der Waals surface area contributed by atoms with E-state index >= 15 is 0 Å². The zero-order valence-corrected chi connectivity index (χ0v) is 19.3. The Labute approximate surface area is 204 Å². The van der Waals surface area contributed by atoms with Crippen molar-refractivity contribution in [2.75, 3.05) is 0 Å². The number of nitrogens with zero attached hydrogens (tertiary/aromatic N) is 3. The average molecular weight is 454 g/mol. The Morgan fingerprint density at radius 3 is 1.91 bits per heavy atom. The van der Waals surface area contributed by atoms with Crippen LogP contribution >= 0.6 is 0 Å². The molecule has 4 aromatic carbocycles. The fraction of sp³-hybridized carbons (Fsp3) is 0.0645. The van der Waals surface area contributed by atoms with E-state index in [9.17, 15) is 0 Å². The number of hydrogen-bond acceptors (Lipinski definition) is 4. The minimum atomic E-state index is 0.712. The Morgan fingerprint density at radius 1 is 0.543 bits per heavy atom. The highest BCUT2D eigenvalue weighted by Crippen LogP contribution is 2.31. The van der Waals surface area contributed by atoms with Crippen LogP contribution < -0.4 is 0 Å². The van der Waals surface area contributed by atoms with Crippen LogP contribution in [0.5, 0.6) is 0 Å². The van der Waals surface area contributed by atoms with Gasteiger partial charge in [0.2, 0.25) is 0 Å². The lowest BCUT2D eigenvalue weighted by atomic mass is 10.0. The average Bonchev–Trinajstić information content (AvgIpc) is 3.37. The van der Waals surface area contributed by atoms with Crippen LogP contribution in [0, 0.1) is 0 Å². The minimum Gasteiger partial charge on any atom is -0.441 e. The summed E-state index contributed by atoms with van der Waals surface area (Å²) in [7, 11) is 0. The summed E-state index contributed by atoms with van der Waals surface area (Å²) in [6.45, 7) is 2.05. The van der Waals surface area contributed by atoms with Crippen LogP contribution in [-0.2, 0) is 6.42 Å². The van der Waals surface area contributed by atoms with Crippen LogP contribution in [0.4, 0.5) is 0 Å². The Bertz CT molecular complexity index is 1560. The molecule has 0 spiro atoms. The highest BCUT2D eigenvalue weighted by atomic mass is 16.3. The van der Waals surface area contributed by atoms with Gasteiger partial charge in [-0.25, -0.2) is 15.0 Å². The summed E-state index contributed by atoms with van der Waals surface area (Å²) in [5.74, 6) is 1.47. The van der Waals surface area contributed by atoms with Gasteiger partial charge in [0.1, 0.15) is 5.52 Å². The highest BCUT2D eigenvalue weighted by Gasteiger charge is 2.12. The third kappa shape index (κ3) is 4.22. The van der Waals surface area contributed by atoms with Gasteiger partial charge in [-0.2, -0.15) is 0 Å². The molecule has 0 amide bonds. The van der Waals surface area contributed by atoms with E-state index in [1.807, 2.05) is 61.5 Å². The van der Waals surface area contributed by atoms with E-state index < -0.39 is 0 Å². The molecule has 2 aromatic heterocycles. The second-order valence-corrected chi connectivity index (χ2v) is 8.42. The van der Waals surface area contributed by atoms with E-state index in [2.05, 4.69) is 59.6 Å². The van der Waals surface area contributed by atoms with E-state index in [0.717, 1.165) is 62.6 Å². The van der Waals surface area contributed by atoms with Crippen LogP contribution in [0.15, 0.2) is 114 Å². The summed E-state index contributed by atoms with van der Waals surface area (Å²) in [6.07, 6.45) is 0.778. The van der Waals surface area contributed by atoms with Crippen LogP contribution in [0.3, 0.4) is 0 Å². The summed E-state index contributed by atoms with van der Waals surface area (Å²) in [6, 6.07) is 37.0. The molecular formula is C31H23N3O. The number of hydrogen-bond donors (Lipinski definition) is 0. The first-order valence-corrected chi connectivity index (χ1v) is 11.8. The Hall–Kier alpha value is -4.57. The SMILES string of the molecule is CCc1nc2cc(-c3cccc(-c4cc(-c5ccccc5)nc(-c5ccccc5)n4)c3)ccc2o1. The lowest BCUT2D eigenvalue weighted by Crippen LogP contribution is -1.96. The summed E-state index contributed by atoms with van der Waals surface area (Å²) < 4.78 is 5.78. The van der Waals surface area contributed by atoms with Crippen LogP contribution in [-0.4, -0.2) is 15.0 Å². The lowest BCUT2D eigenvalue weighted by molar-refractivity contribution is 0.538. The molecule has 0 N–H and O–H groups in total. The molecule has 0 aliphatic carbocycles. The van der Waals surface area contributed by atoms with Crippen molar-refractivity contribution in [1.82, 2.24) is 15.0 Å². The monoisotopic (exact) mass is 453 g/mol. The first-order chi connectivity index (χ1) is 17.3. The minimum absolute atomic E-state index is 0.712. The van der Waals surface area contributed by atoms with Crippen molar-refractivity contribution in [1.29, 1.82) is 0 Å². The first-order valence-electron chi connectivity index (χ1n) is 11.8. The van der Waals surface area contributed by atoms with Gasteiger partial charge in [0.05, 0.1) is 11.4 Å². The Kier molecular flexibility index (Phi) is 5.39. The van der Waals surface area contributed by atoms with E-state index in [1.54, 1.807) is 0 Å².